The molecule has 8 aromatic carbocycles. The number of halogens is 8. The molecule has 29 nitrogen and oxygen atoms in total. The van der Waals surface area contributed by atoms with E-state index in [2.05, 4.69) is 41.7 Å². The Balaban J connectivity index is 0.000000179. The SMILES string of the molecule is Cc1ccc(F)cc1C(=O)NCc1ccc(-c2nn(C(C)C)c(N)c2C(N)=O)cc1F.Cc1ccc(F)cc1C(=O)NCc1ccc(-c2nn(C(C)C3CCOC3)c(N)c2C(N)=O)cc1.Cc1ccc(F)cc1C(=O)NCc1ccc(-c2nn(CC(C)C)c(N)c2C(N)=O)cc1.Cc1ccc(F)cc1C(=O)NCc1ccc(-c2nn(CCC(F)(F)F)c(N)c2C(N)=O)cc1. The minimum absolute atomic E-state index is 0.0238. The number of primary amides is 4. The number of nitrogen functional groups attached to an aromatic ring is 4. The van der Waals surface area contributed by atoms with Crippen LogP contribution < -0.4 is 67.1 Å². The highest BCUT2D eigenvalue weighted by Gasteiger charge is 2.33. The summed E-state index contributed by atoms with van der Waals surface area (Å²) in [5.74, 6) is -6.29. The predicted octanol–water partition coefficient (Wildman–Crippen LogP) is 13.4. The minimum Gasteiger partial charge on any atom is -0.383 e. The van der Waals surface area contributed by atoms with Gasteiger partial charge < -0.3 is 71.9 Å². The summed E-state index contributed by atoms with van der Waals surface area (Å²) >= 11 is 0. The highest BCUT2D eigenvalue weighted by Crippen LogP contribution is 2.37. The van der Waals surface area contributed by atoms with Gasteiger partial charge in [-0.1, -0.05) is 123 Å². The summed E-state index contributed by atoms with van der Waals surface area (Å²) in [5, 5.41) is 28.4. The molecule has 0 aliphatic carbocycles. The maximum atomic E-state index is 14.7. The van der Waals surface area contributed by atoms with Crippen LogP contribution >= 0.6 is 0 Å². The molecule has 13 rings (SSSR count). The first-order valence-electron chi connectivity index (χ1n) is 40.6. The summed E-state index contributed by atoms with van der Waals surface area (Å²) in [6.45, 7) is 18.5. The molecule has 37 heteroatoms. The van der Waals surface area contributed by atoms with E-state index in [0.29, 0.717) is 98.3 Å². The summed E-state index contributed by atoms with van der Waals surface area (Å²) in [4.78, 5) is 97.4. The monoisotopic (exact) mass is 1780 g/mol. The molecular formula is C92H98F8N20O9. The van der Waals surface area contributed by atoms with Gasteiger partial charge in [-0.3, -0.25) is 38.4 Å². The van der Waals surface area contributed by atoms with Crippen LogP contribution in [-0.4, -0.2) is 106 Å². The van der Waals surface area contributed by atoms with Gasteiger partial charge in [-0.2, -0.15) is 33.6 Å². The van der Waals surface area contributed by atoms with Crippen LogP contribution in [0.15, 0.2) is 164 Å². The van der Waals surface area contributed by atoms with Crippen LogP contribution in [0.3, 0.4) is 0 Å². The van der Waals surface area contributed by atoms with Crippen LogP contribution in [0.1, 0.15) is 187 Å². The largest absolute Gasteiger partial charge is 0.390 e. The van der Waals surface area contributed by atoms with Crippen LogP contribution in [0.2, 0.25) is 0 Å². The number of benzene rings is 8. The molecule has 2 unspecified atom stereocenters. The van der Waals surface area contributed by atoms with Crippen molar-refractivity contribution < 1.29 is 78.2 Å². The van der Waals surface area contributed by atoms with E-state index in [9.17, 15) is 73.5 Å². The quantitative estimate of drug-likeness (QED) is 0.0213. The zero-order valence-corrected chi connectivity index (χ0v) is 71.9. The smallest absolute Gasteiger partial charge is 0.383 e. The molecule has 0 bridgehead atoms. The highest BCUT2D eigenvalue weighted by molar-refractivity contribution is 6.06. The molecule has 0 saturated carbocycles. The Morgan fingerprint density at radius 1 is 0.419 bits per heavy atom. The number of hydrogen-bond acceptors (Lipinski definition) is 17. The maximum absolute atomic E-state index is 14.7. The van der Waals surface area contributed by atoms with Crippen molar-refractivity contribution in [1.82, 2.24) is 60.4 Å². The van der Waals surface area contributed by atoms with Crippen LogP contribution in [0, 0.1) is 68.6 Å². The Morgan fingerprint density at radius 3 is 1.09 bits per heavy atom. The van der Waals surface area contributed by atoms with Gasteiger partial charge in [-0.15, -0.1) is 0 Å². The molecule has 129 heavy (non-hydrogen) atoms. The van der Waals surface area contributed by atoms with E-state index >= 15 is 0 Å². The number of carbonyl (C=O) groups excluding carboxylic acids is 8. The Labute approximate surface area is 736 Å². The summed E-state index contributed by atoms with van der Waals surface area (Å²) < 4.78 is 117. The molecule has 4 aromatic heterocycles. The van der Waals surface area contributed by atoms with E-state index in [1.807, 2.05) is 58.9 Å². The zero-order chi connectivity index (χ0) is 94.3. The van der Waals surface area contributed by atoms with Gasteiger partial charge in [0.2, 0.25) is 0 Å². The summed E-state index contributed by atoms with van der Waals surface area (Å²) in [5.41, 5.74) is 55.8. The first kappa shape index (κ1) is 96.2. The Morgan fingerprint density at radius 2 is 0.744 bits per heavy atom. The van der Waals surface area contributed by atoms with Crippen LogP contribution in [0.25, 0.3) is 45.0 Å². The molecule has 20 N–H and O–H groups in total. The van der Waals surface area contributed by atoms with Crippen molar-refractivity contribution in [3.63, 3.8) is 0 Å². The van der Waals surface area contributed by atoms with E-state index in [0.717, 1.165) is 34.4 Å². The summed E-state index contributed by atoms with van der Waals surface area (Å²) in [6.07, 6.45) is -4.68. The summed E-state index contributed by atoms with van der Waals surface area (Å²) in [6, 6.07) is 41.0. The van der Waals surface area contributed by atoms with Crippen molar-refractivity contribution in [2.24, 2.45) is 34.8 Å². The maximum Gasteiger partial charge on any atom is 0.390 e. The van der Waals surface area contributed by atoms with Crippen molar-refractivity contribution >= 4 is 70.5 Å². The van der Waals surface area contributed by atoms with Gasteiger partial charge in [0.05, 0.1) is 25.6 Å². The second kappa shape index (κ2) is 41.8. The van der Waals surface area contributed by atoms with Crippen molar-refractivity contribution in [2.45, 2.75) is 133 Å². The average Bonchev–Trinajstić information content (AvgIpc) is 1.64. The first-order valence-corrected chi connectivity index (χ1v) is 40.6. The molecule has 5 heterocycles. The van der Waals surface area contributed by atoms with E-state index in [1.165, 1.54) is 65.3 Å². The molecule has 8 amide bonds. The molecule has 1 aliphatic rings. The molecule has 1 fully saturated rings. The van der Waals surface area contributed by atoms with Crippen LogP contribution in [0.5, 0.6) is 0 Å². The molecule has 1 aliphatic heterocycles. The number of ether oxygens (including phenoxy) is 1. The Bertz CT molecular complexity index is 6180. The van der Waals surface area contributed by atoms with Crippen LogP contribution in [0.4, 0.5) is 58.4 Å². The average molecular weight is 1780 g/mol. The van der Waals surface area contributed by atoms with Crippen LogP contribution in [-0.2, 0) is 44.0 Å². The van der Waals surface area contributed by atoms with Crippen molar-refractivity contribution in [2.75, 3.05) is 36.1 Å². The van der Waals surface area contributed by atoms with Gasteiger partial charge in [0.15, 0.2) is 0 Å². The third-order valence-corrected chi connectivity index (χ3v) is 21.1. The van der Waals surface area contributed by atoms with E-state index in [1.54, 1.807) is 104 Å². The lowest BCUT2D eigenvalue weighted by Crippen LogP contribution is -2.24. The molecular weight excluding hydrogens is 1680 g/mol. The number of aromatic nitrogens is 8. The fraction of sp³-hybridized carbons (Fsp3) is 0.261. The summed E-state index contributed by atoms with van der Waals surface area (Å²) in [7, 11) is 0. The lowest BCUT2D eigenvalue weighted by atomic mass is 10.0. The van der Waals surface area contributed by atoms with Gasteiger partial charge >= 0.3 is 6.18 Å². The molecule has 0 spiro atoms. The van der Waals surface area contributed by atoms with Gasteiger partial charge in [-0.25, -0.2) is 40.7 Å². The van der Waals surface area contributed by atoms with E-state index in [4.69, 9.17) is 50.6 Å². The predicted molar refractivity (Wildman–Crippen MR) is 471 cm³/mol. The van der Waals surface area contributed by atoms with Gasteiger partial charge in [0.25, 0.3) is 47.3 Å². The molecule has 12 aromatic rings. The number of aryl methyl sites for hydroxylation is 5. The standard InChI is InChI=1S/C25H28FN5O3.C23H26FN5O2.C22H21F4N5O2.C22H23F2N5O2/c1-14-3-8-19(26)11-20(14)25(33)29-12-16-4-6-17(7-5-16)22-21(24(28)32)23(27)31(30-22)15(2)18-9-10-34-13-18;1-13(2)12-29-21(25)19(22(26)30)20(28-29)16-7-5-15(6-8-16)11-27-23(31)18-10-17(24)9-4-14(18)3;1-12-2-7-15(23)10-16(12)21(33)29-11-13-3-5-14(6-4-13)18-17(20(28)32)19(27)31(30-18)9-8-22(24,25)26;1-11(2)29-20(25)18(21(26)30)19(28-29)13-5-6-14(17(24)8-13)10-27-22(31)16-9-15(23)7-4-12(16)3/h3-8,11,15,18H,9-10,12-13,27H2,1-2H3,(H2,28,32)(H,29,33);4-10,13H,11-12,25H2,1-3H3,(H2,26,30)(H,27,31);2-7,10H,8-9,11,27H2,1H3,(H2,28,32)(H,29,33);4-9,11H,10,25H2,1-3H3,(H2,26,30)(H,27,31). The topological polar surface area (TPSA) is 473 Å². The van der Waals surface area contributed by atoms with Gasteiger partial charge in [-0.05, 0) is 154 Å². The number of amides is 8. The second-order valence-corrected chi connectivity index (χ2v) is 31.4. The number of nitrogens with two attached hydrogens (primary N) is 8. The first-order chi connectivity index (χ1) is 61.0. The number of carbonyl (C=O) groups is 8. The molecule has 2 atom stereocenters. The fourth-order valence-corrected chi connectivity index (χ4v) is 14.0. The number of alkyl halides is 3. The molecule has 1 saturated heterocycles. The normalized spacial score (nSPS) is 12.5. The number of anilines is 4. The Hall–Kier alpha value is -15.0. The lowest BCUT2D eigenvalue weighted by molar-refractivity contribution is -0.137. The molecule has 676 valence electrons. The third-order valence-electron chi connectivity index (χ3n) is 21.1. The third kappa shape index (κ3) is 24.0. The van der Waals surface area contributed by atoms with E-state index < -0.39 is 83.7 Å². The van der Waals surface area contributed by atoms with Crippen molar-refractivity contribution in [3.05, 3.63) is 282 Å². The number of nitrogens with zero attached hydrogens (tertiary/aromatic N) is 8. The highest BCUT2D eigenvalue weighted by atomic mass is 19.4. The van der Waals surface area contributed by atoms with Crippen molar-refractivity contribution in [3.8, 4) is 45.0 Å². The number of nitrogens with one attached hydrogen (secondary N) is 4. The lowest BCUT2D eigenvalue weighted by Gasteiger charge is -2.19. The minimum atomic E-state index is -4.42. The van der Waals surface area contributed by atoms with Gasteiger partial charge in [0.1, 0.15) is 97.4 Å². The second-order valence-electron chi connectivity index (χ2n) is 31.4. The molecule has 0 radical (unpaired) electrons. The van der Waals surface area contributed by atoms with Gasteiger partial charge in [0, 0.05) is 101 Å². The zero-order valence-electron chi connectivity index (χ0n) is 71.9. The number of hydrogen-bond donors (Lipinski definition) is 12. The van der Waals surface area contributed by atoms with E-state index in [-0.39, 0.29) is 130 Å². The fourth-order valence-electron chi connectivity index (χ4n) is 14.0. The number of rotatable bonds is 27. The Kier molecular flexibility index (Phi) is 31.2. The van der Waals surface area contributed by atoms with Crippen molar-refractivity contribution in [1.29, 1.82) is 0 Å².